The molecule has 1 aromatic carbocycles. The van der Waals surface area contributed by atoms with Gasteiger partial charge in [-0.3, -0.25) is 9.78 Å². The fourth-order valence-electron chi connectivity index (χ4n) is 1.78. The Morgan fingerprint density at radius 1 is 1.20 bits per heavy atom. The van der Waals surface area contributed by atoms with E-state index in [2.05, 4.69) is 20.9 Å². The molecule has 0 aliphatic rings. The number of aromatic nitrogens is 1. The van der Waals surface area contributed by atoms with Crippen LogP contribution in [-0.2, 0) is 6.18 Å². The van der Waals surface area contributed by atoms with Crippen LogP contribution in [0.5, 0.6) is 0 Å². The summed E-state index contributed by atoms with van der Waals surface area (Å²) in [6, 6.07) is 5.73. The Morgan fingerprint density at radius 3 is 2.55 bits per heavy atom. The van der Waals surface area contributed by atoms with Crippen LogP contribution in [0.25, 0.3) is 0 Å². The summed E-state index contributed by atoms with van der Waals surface area (Å²) in [5.74, 6) is -0.707. The molecule has 1 heterocycles. The summed E-state index contributed by atoms with van der Waals surface area (Å²) in [4.78, 5) is 15.9. The van der Waals surface area contributed by atoms with Crippen LogP contribution in [-0.4, -0.2) is 10.8 Å². The molecule has 0 aliphatic carbocycles. The lowest BCUT2D eigenvalue weighted by atomic mass is 9.99. The smallest absolute Gasteiger partial charge is 0.288 e. The van der Waals surface area contributed by atoms with Crippen LogP contribution in [0, 0.1) is 6.92 Å². The minimum absolute atomic E-state index is 0.184. The highest BCUT2D eigenvalue weighted by Crippen LogP contribution is 2.33. The predicted molar refractivity (Wildman–Crippen MR) is 71.6 cm³/mol. The van der Waals surface area contributed by atoms with Crippen LogP contribution in [0.4, 0.5) is 13.2 Å². The van der Waals surface area contributed by atoms with Gasteiger partial charge in [-0.25, -0.2) is 0 Å². The maximum absolute atomic E-state index is 12.9. The molecular weight excluding hydrogens is 335 g/mol. The van der Waals surface area contributed by atoms with Crippen LogP contribution in [0.2, 0.25) is 0 Å². The lowest BCUT2D eigenvalue weighted by molar-refractivity contribution is -0.137. The van der Waals surface area contributed by atoms with Crippen LogP contribution in [0.15, 0.2) is 41.1 Å². The monoisotopic (exact) mass is 343 g/mol. The largest absolute Gasteiger partial charge is 0.417 e. The van der Waals surface area contributed by atoms with E-state index in [-0.39, 0.29) is 5.56 Å². The van der Waals surface area contributed by atoms with E-state index in [1.807, 2.05) is 0 Å². The number of carbonyl (C=O) groups is 1. The average molecular weight is 344 g/mol. The molecule has 0 saturated carbocycles. The lowest BCUT2D eigenvalue weighted by Crippen LogP contribution is -2.14. The number of rotatable bonds is 2. The fourth-order valence-corrected chi connectivity index (χ4v) is 2.21. The second-order valence-corrected chi connectivity index (χ2v) is 5.09. The van der Waals surface area contributed by atoms with Crippen molar-refractivity contribution in [3.05, 3.63) is 63.4 Å². The molecule has 0 fully saturated rings. The van der Waals surface area contributed by atoms with E-state index in [4.69, 9.17) is 0 Å². The molecule has 0 spiro atoms. The number of aryl methyl sites for hydroxylation is 1. The van der Waals surface area contributed by atoms with E-state index >= 15 is 0 Å². The molecule has 0 amide bonds. The Balaban J connectivity index is 2.57. The Labute approximate surface area is 121 Å². The summed E-state index contributed by atoms with van der Waals surface area (Å²) >= 11 is 3.18. The van der Waals surface area contributed by atoms with E-state index in [0.29, 0.717) is 4.47 Å². The number of hydrogen-bond acceptors (Lipinski definition) is 2. The van der Waals surface area contributed by atoms with Crippen molar-refractivity contribution in [2.75, 3.05) is 0 Å². The summed E-state index contributed by atoms with van der Waals surface area (Å²) in [5, 5.41) is 0. The van der Waals surface area contributed by atoms with Gasteiger partial charge in [-0.2, -0.15) is 13.2 Å². The first-order chi connectivity index (χ1) is 9.30. The second-order valence-electron chi connectivity index (χ2n) is 4.23. The van der Waals surface area contributed by atoms with Gasteiger partial charge >= 0.3 is 6.18 Å². The lowest BCUT2D eigenvalue weighted by Gasteiger charge is -2.12. The van der Waals surface area contributed by atoms with Gasteiger partial charge in [0.15, 0.2) is 5.78 Å². The van der Waals surface area contributed by atoms with E-state index in [9.17, 15) is 18.0 Å². The Kier molecular flexibility index (Phi) is 3.94. The molecule has 0 aliphatic heterocycles. The maximum Gasteiger partial charge on any atom is 0.417 e. The van der Waals surface area contributed by atoms with Crippen molar-refractivity contribution < 1.29 is 18.0 Å². The maximum atomic E-state index is 12.9. The third kappa shape index (κ3) is 2.90. The summed E-state index contributed by atoms with van der Waals surface area (Å²) in [5.41, 5.74) is -0.463. The van der Waals surface area contributed by atoms with Crippen molar-refractivity contribution in [1.82, 2.24) is 4.98 Å². The molecule has 0 unspecified atom stereocenters. The average Bonchev–Trinajstić information content (AvgIpc) is 2.40. The summed E-state index contributed by atoms with van der Waals surface area (Å²) in [7, 11) is 0. The number of nitrogens with zero attached hydrogens (tertiary/aromatic N) is 1. The van der Waals surface area contributed by atoms with Crippen molar-refractivity contribution in [3.63, 3.8) is 0 Å². The van der Waals surface area contributed by atoms with Gasteiger partial charge in [-0.15, -0.1) is 0 Å². The zero-order valence-corrected chi connectivity index (χ0v) is 11.9. The molecule has 0 atom stereocenters. The summed E-state index contributed by atoms with van der Waals surface area (Å²) in [6.45, 7) is 1.76. The molecule has 2 aromatic rings. The summed E-state index contributed by atoms with van der Waals surface area (Å²) in [6.07, 6.45) is -2.63. The molecule has 2 nitrogen and oxygen atoms in total. The zero-order chi connectivity index (χ0) is 14.9. The van der Waals surface area contributed by atoms with Gasteiger partial charge in [0.25, 0.3) is 0 Å². The quantitative estimate of drug-likeness (QED) is 0.756. The van der Waals surface area contributed by atoms with Crippen LogP contribution in [0.1, 0.15) is 27.0 Å². The van der Waals surface area contributed by atoms with Gasteiger partial charge in [-0.1, -0.05) is 27.6 Å². The van der Waals surface area contributed by atoms with Crippen molar-refractivity contribution >= 4 is 21.7 Å². The molecule has 20 heavy (non-hydrogen) atoms. The Bertz CT molecular complexity index is 668. The normalized spacial score (nSPS) is 11.4. The first-order valence-corrected chi connectivity index (χ1v) is 6.42. The zero-order valence-electron chi connectivity index (χ0n) is 10.3. The van der Waals surface area contributed by atoms with Crippen LogP contribution < -0.4 is 0 Å². The van der Waals surface area contributed by atoms with Crippen molar-refractivity contribution in [1.29, 1.82) is 0 Å². The number of ketones is 1. The van der Waals surface area contributed by atoms with Gasteiger partial charge in [0.05, 0.1) is 11.1 Å². The highest BCUT2D eigenvalue weighted by atomic mass is 79.9. The number of halogens is 4. The molecule has 0 saturated heterocycles. The topological polar surface area (TPSA) is 30.0 Å². The van der Waals surface area contributed by atoms with E-state index in [0.717, 1.165) is 24.0 Å². The van der Waals surface area contributed by atoms with Gasteiger partial charge in [0.2, 0.25) is 0 Å². The SMILES string of the molecule is Cc1ccc(Br)c(C(=O)c2cnccc2C(F)(F)F)c1. The van der Waals surface area contributed by atoms with Crippen LogP contribution in [0.3, 0.4) is 0 Å². The Morgan fingerprint density at radius 2 is 1.90 bits per heavy atom. The van der Waals surface area contributed by atoms with Gasteiger partial charge in [-0.05, 0) is 25.1 Å². The first-order valence-electron chi connectivity index (χ1n) is 5.63. The molecule has 0 N–H and O–H groups in total. The first kappa shape index (κ1) is 14.7. The summed E-state index contributed by atoms with van der Waals surface area (Å²) < 4.78 is 39.2. The molecular formula is C14H9BrF3NO. The molecule has 0 radical (unpaired) electrons. The third-order valence-electron chi connectivity index (χ3n) is 2.74. The van der Waals surface area contributed by atoms with Crippen molar-refractivity contribution in [3.8, 4) is 0 Å². The fraction of sp³-hybridized carbons (Fsp3) is 0.143. The molecule has 1 aromatic heterocycles. The van der Waals surface area contributed by atoms with E-state index < -0.39 is 23.1 Å². The number of benzene rings is 1. The van der Waals surface area contributed by atoms with E-state index in [1.54, 1.807) is 25.1 Å². The highest BCUT2D eigenvalue weighted by molar-refractivity contribution is 9.10. The van der Waals surface area contributed by atoms with Gasteiger partial charge in [0.1, 0.15) is 0 Å². The Hall–Kier alpha value is -1.69. The molecule has 2 rings (SSSR count). The third-order valence-corrected chi connectivity index (χ3v) is 3.43. The number of carbonyl (C=O) groups excluding carboxylic acids is 1. The van der Waals surface area contributed by atoms with Crippen LogP contribution >= 0.6 is 15.9 Å². The molecule has 6 heteroatoms. The molecule has 0 bridgehead atoms. The standard InChI is InChI=1S/C14H9BrF3NO/c1-8-2-3-12(15)9(6-8)13(20)10-7-19-5-4-11(10)14(16,17)18/h2-7H,1H3. The second kappa shape index (κ2) is 5.36. The van der Waals surface area contributed by atoms with Gasteiger partial charge < -0.3 is 0 Å². The van der Waals surface area contributed by atoms with Crippen molar-refractivity contribution in [2.24, 2.45) is 0 Å². The minimum Gasteiger partial charge on any atom is -0.288 e. The predicted octanol–water partition coefficient (Wildman–Crippen LogP) is 4.40. The minimum atomic E-state index is -4.59. The van der Waals surface area contributed by atoms with Crippen molar-refractivity contribution in [2.45, 2.75) is 13.1 Å². The number of pyridine rings is 1. The number of alkyl halides is 3. The van der Waals surface area contributed by atoms with E-state index in [1.165, 1.54) is 0 Å². The molecule has 104 valence electrons. The highest BCUT2D eigenvalue weighted by Gasteiger charge is 2.35. The number of hydrogen-bond donors (Lipinski definition) is 0. The van der Waals surface area contributed by atoms with Gasteiger partial charge in [0, 0.05) is 22.4 Å².